The van der Waals surface area contributed by atoms with Crippen molar-refractivity contribution in [1.29, 1.82) is 0 Å². The third-order valence-corrected chi connectivity index (χ3v) is 3.32. The van der Waals surface area contributed by atoms with E-state index in [0.717, 1.165) is 33.6 Å². The van der Waals surface area contributed by atoms with Crippen LogP contribution in [0.4, 0.5) is 0 Å². The molecule has 0 saturated heterocycles. The summed E-state index contributed by atoms with van der Waals surface area (Å²) in [4.78, 5) is 10.8. The summed E-state index contributed by atoms with van der Waals surface area (Å²) in [6, 6.07) is 13.8. The van der Waals surface area contributed by atoms with Crippen LogP contribution in [0, 0.1) is 6.92 Å². The highest BCUT2D eigenvalue weighted by atomic mass is 16.5. The van der Waals surface area contributed by atoms with Gasteiger partial charge in [-0.3, -0.25) is 0 Å². The summed E-state index contributed by atoms with van der Waals surface area (Å²) in [7, 11) is 1.65. The minimum atomic E-state index is -0.939. The normalized spacial score (nSPS) is 11.3. The van der Waals surface area contributed by atoms with Gasteiger partial charge in [0.25, 0.3) is 0 Å². The molecule has 0 aliphatic carbocycles. The topological polar surface area (TPSA) is 46.5 Å². The highest BCUT2D eigenvalue weighted by Gasteiger charge is 2.07. The fraction of sp³-hybridized carbons (Fsp3) is 0.167. The van der Waals surface area contributed by atoms with Crippen LogP contribution in [-0.2, 0) is 4.79 Å². The van der Waals surface area contributed by atoms with Gasteiger partial charge >= 0.3 is 5.97 Å². The molecular weight excluding hydrogens is 264 g/mol. The Balaban J connectivity index is 2.52. The predicted molar refractivity (Wildman–Crippen MR) is 84.5 cm³/mol. The number of hydrogen-bond acceptors (Lipinski definition) is 2. The third kappa shape index (κ3) is 3.51. The Labute approximate surface area is 124 Å². The predicted octanol–water partition coefficient (Wildman–Crippen LogP) is 4.16. The van der Waals surface area contributed by atoms with Crippen molar-refractivity contribution in [2.75, 3.05) is 7.11 Å². The first-order valence-corrected chi connectivity index (χ1v) is 6.68. The van der Waals surface area contributed by atoms with E-state index in [0.29, 0.717) is 0 Å². The number of allylic oxidation sites excluding steroid dienone is 1. The van der Waals surface area contributed by atoms with Crippen molar-refractivity contribution in [2.45, 2.75) is 13.8 Å². The van der Waals surface area contributed by atoms with Crippen LogP contribution in [0.5, 0.6) is 5.75 Å². The summed E-state index contributed by atoms with van der Waals surface area (Å²) in [6.45, 7) is 3.82. The van der Waals surface area contributed by atoms with Crippen molar-refractivity contribution in [1.82, 2.24) is 0 Å². The Morgan fingerprint density at radius 1 is 1.19 bits per heavy atom. The van der Waals surface area contributed by atoms with Crippen LogP contribution in [0.1, 0.15) is 18.1 Å². The molecule has 0 saturated carbocycles. The maximum Gasteiger partial charge on any atom is 0.328 e. The van der Waals surface area contributed by atoms with Crippen molar-refractivity contribution in [3.63, 3.8) is 0 Å². The first-order valence-electron chi connectivity index (χ1n) is 6.68. The molecule has 3 nitrogen and oxygen atoms in total. The Kier molecular flexibility index (Phi) is 4.43. The van der Waals surface area contributed by atoms with Gasteiger partial charge in [0.2, 0.25) is 0 Å². The molecule has 0 aromatic heterocycles. The molecule has 3 heteroatoms. The van der Waals surface area contributed by atoms with Gasteiger partial charge in [-0.05, 0) is 48.7 Å². The van der Waals surface area contributed by atoms with E-state index in [-0.39, 0.29) is 0 Å². The Morgan fingerprint density at radius 2 is 1.95 bits per heavy atom. The van der Waals surface area contributed by atoms with E-state index in [2.05, 4.69) is 6.07 Å². The van der Waals surface area contributed by atoms with Crippen LogP contribution in [0.2, 0.25) is 0 Å². The van der Waals surface area contributed by atoms with Crippen LogP contribution < -0.4 is 4.74 Å². The zero-order chi connectivity index (χ0) is 15.4. The maximum absolute atomic E-state index is 10.8. The van der Waals surface area contributed by atoms with E-state index in [1.807, 2.05) is 43.3 Å². The van der Waals surface area contributed by atoms with Gasteiger partial charge in [-0.25, -0.2) is 4.79 Å². The van der Waals surface area contributed by atoms with Crippen LogP contribution in [0.25, 0.3) is 16.7 Å². The van der Waals surface area contributed by atoms with Crippen LogP contribution in [0.3, 0.4) is 0 Å². The molecule has 0 unspecified atom stereocenters. The maximum atomic E-state index is 10.8. The van der Waals surface area contributed by atoms with Crippen LogP contribution in [0.15, 0.2) is 48.5 Å². The quantitative estimate of drug-likeness (QED) is 0.856. The summed E-state index contributed by atoms with van der Waals surface area (Å²) in [5, 5.41) is 8.85. The Hall–Kier alpha value is -2.55. The Morgan fingerprint density at radius 3 is 2.62 bits per heavy atom. The number of aliphatic carboxylic acids is 1. The molecule has 0 heterocycles. The average Bonchev–Trinajstić information content (AvgIpc) is 2.46. The average molecular weight is 282 g/mol. The Bertz CT molecular complexity index is 699. The highest BCUT2D eigenvalue weighted by molar-refractivity contribution is 5.90. The number of rotatable bonds is 4. The van der Waals surface area contributed by atoms with Gasteiger partial charge < -0.3 is 9.84 Å². The van der Waals surface area contributed by atoms with Crippen LogP contribution >= 0.6 is 0 Å². The smallest absolute Gasteiger partial charge is 0.328 e. The van der Waals surface area contributed by atoms with Crippen molar-refractivity contribution >= 4 is 11.5 Å². The molecule has 2 rings (SSSR count). The first kappa shape index (κ1) is 14.9. The van der Waals surface area contributed by atoms with E-state index in [1.54, 1.807) is 14.0 Å². The summed E-state index contributed by atoms with van der Waals surface area (Å²) < 4.78 is 5.41. The van der Waals surface area contributed by atoms with Gasteiger partial charge in [-0.15, -0.1) is 0 Å². The number of ether oxygens (including phenoxy) is 1. The van der Waals surface area contributed by atoms with Crippen molar-refractivity contribution < 1.29 is 14.6 Å². The number of carboxylic acid groups (broad SMARTS) is 1. The number of carboxylic acids is 1. The van der Waals surface area contributed by atoms with E-state index >= 15 is 0 Å². The van der Waals surface area contributed by atoms with E-state index in [9.17, 15) is 4.79 Å². The largest absolute Gasteiger partial charge is 0.496 e. The lowest BCUT2D eigenvalue weighted by atomic mass is 9.98. The molecule has 0 aliphatic rings. The fourth-order valence-corrected chi connectivity index (χ4v) is 2.25. The molecule has 0 spiro atoms. The molecule has 108 valence electrons. The summed E-state index contributed by atoms with van der Waals surface area (Å²) in [5.74, 6) is -0.136. The monoisotopic (exact) mass is 282 g/mol. The van der Waals surface area contributed by atoms with Gasteiger partial charge in [0.05, 0.1) is 7.11 Å². The van der Waals surface area contributed by atoms with Crippen LogP contribution in [-0.4, -0.2) is 18.2 Å². The fourth-order valence-electron chi connectivity index (χ4n) is 2.25. The molecule has 0 bridgehead atoms. The molecule has 2 aromatic carbocycles. The second-order valence-corrected chi connectivity index (χ2v) is 4.95. The third-order valence-electron chi connectivity index (χ3n) is 3.32. The standard InChI is InChI=1S/C18H18O3/c1-12-7-8-17(21-3)16(9-12)15-6-4-5-14(11-15)13(2)10-18(19)20/h4-11H,1-3H3,(H,19,20)/b13-10+. The molecule has 0 amide bonds. The lowest BCUT2D eigenvalue weighted by Crippen LogP contribution is -1.92. The number of hydrogen-bond donors (Lipinski definition) is 1. The van der Waals surface area contributed by atoms with Crippen molar-refractivity contribution in [3.05, 3.63) is 59.7 Å². The molecule has 0 fully saturated rings. The van der Waals surface area contributed by atoms with Gasteiger partial charge in [-0.1, -0.05) is 29.8 Å². The van der Waals surface area contributed by atoms with Gasteiger partial charge in [0.1, 0.15) is 5.75 Å². The molecule has 2 aromatic rings. The lowest BCUT2D eigenvalue weighted by molar-refractivity contribution is -0.131. The summed E-state index contributed by atoms with van der Waals surface area (Å²) >= 11 is 0. The van der Waals surface area contributed by atoms with Crippen molar-refractivity contribution in [2.24, 2.45) is 0 Å². The number of benzene rings is 2. The molecule has 0 aliphatic heterocycles. The number of methoxy groups -OCH3 is 1. The second kappa shape index (κ2) is 6.27. The first-order chi connectivity index (χ1) is 10.0. The van der Waals surface area contributed by atoms with Gasteiger partial charge in [-0.2, -0.15) is 0 Å². The highest BCUT2D eigenvalue weighted by Crippen LogP contribution is 2.32. The zero-order valence-electron chi connectivity index (χ0n) is 12.4. The zero-order valence-corrected chi connectivity index (χ0v) is 12.4. The van der Waals surface area contributed by atoms with Crippen molar-refractivity contribution in [3.8, 4) is 16.9 Å². The SMILES string of the molecule is COc1ccc(C)cc1-c1cccc(/C(C)=C/C(=O)O)c1. The minimum Gasteiger partial charge on any atom is -0.496 e. The molecular formula is C18H18O3. The van der Waals surface area contributed by atoms with E-state index < -0.39 is 5.97 Å². The van der Waals surface area contributed by atoms with Gasteiger partial charge in [0, 0.05) is 11.6 Å². The summed E-state index contributed by atoms with van der Waals surface area (Å²) in [5.41, 5.74) is 4.76. The van der Waals surface area contributed by atoms with Gasteiger partial charge in [0.15, 0.2) is 0 Å². The summed E-state index contributed by atoms with van der Waals surface area (Å²) in [6.07, 6.45) is 1.21. The lowest BCUT2D eigenvalue weighted by Gasteiger charge is -2.11. The van der Waals surface area contributed by atoms with E-state index in [4.69, 9.17) is 9.84 Å². The van der Waals surface area contributed by atoms with E-state index in [1.165, 1.54) is 6.08 Å². The molecule has 21 heavy (non-hydrogen) atoms. The minimum absolute atomic E-state index is 0.718. The molecule has 0 radical (unpaired) electrons. The number of aryl methyl sites for hydroxylation is 1. The number of carbonyl (C=O) groups is 1. The molecule has 0 atom stereocenters. The second-order valence-electron chi connectivity index (χ2n) is 4.95. The molecule has 1 N–H and O–H groups in total.